The zero-order valence-corrected chi connectivity index (χ0v) is 22.5. The van der Waals surface area contributed by atoms with Crippen molar-refractivity contribution in [1.29, 1.82) is 5.26 Å². The highest BCUT2D eigenvalue weighted by Crippen LogP contribution is 2.37. The van der Waals surface area contributed by atoms with Crippen LogP contribution in [0.1, 0.15) is 60.7 Å². The Hall–Kier alpha value is -4.17. The molecular formula is C33H33N3O2. The van der Waals surface area contributed by atoms with Gasteiger partial charge in [-0.3, -0.25) is 4.79 Å². The van der Waals surface area contributed by atoms with Gasteiger partial charge in [0, 0.05) is 12.0 Å². The summed E-state index contributed by atoms with van der Waals surface area (Å²) in [5.41, 5.74) is 8.59. The number of hydrogen-bond donors (Lipinski definition) is 0. The van der Waals surface area contributed by atoms with Crippen LogP contribution in [-0.4, -0.2) is 16.7 Å². The molecule has 0 unspecified atom stereocenters. The molecule has 0 bridgehead atoms. The maximum absolute atomic E-state index is 14.1. The lowest BCUT2D eigenvalue weighted by atomic mass is 9.90. The maximum atomic E-state index is 14.1. The summed E-state index contributed by atoms with van der Waals surface area (Å²) in [6.07, 6.45) is 4.09. The minimum Gasteiger partial charge on any atom is -0.468 e. The second-order valence-corrected chi connectivity index (χ2v) is 10.9. The van der Waals surface area contributed by atoms with Gasteiger partial charge in [-0.25, -0.2) is 9.55 Å². The molecule has 0 radical (unpaired) electrons. The standard InChI is InChI=1S/C33H33N3O2/c1-5-8-30-29(17-22-11-13-23(14-12-22)28-10-7-6-9-25(28)21-34)31(37)36(32(35-30)38-4)27-16-15-24-19-33(2,3)20-26(24)18-27/h6-7,9-16,18H,5,8,17,19-20H2,1-4H3. The number of nitriles is 1. The second kappa shape index (κ2) is 10.3. The highest BCUT2D eigenvalue weighted by molar-refractivity contribution is 5.70. The molecule has 1 aliphatic carbocycles. The van der Waals surface area contributed by atoms with Gasteiger partial charge in [-0.1, -0.05) is 75.7 Å². The predicted molar refractivity (Wildman–Crippen MR) is 151 cm³/mol. The van der Waals surface area contributed by atoms with Gasteiger partial charge in [-0.2, -0.15) is 5.26 Å². The summed E-state index contributed by atoms with van der Waals surface area (Å²) in [6, 6.07) is 24.6. The molecule has 0 fully saturated rings. The summed E-state index contributed by atoms with van der Waals surface area (Å²) < 4.78 is 7.27. The highest BCUT2D eigenvalue weighted by atomic mass is 16.5. The average molecular weight is 504 g/mol. The fourth-order valence-electron chi connectivity index (χ4n) is 5.58. The highest BCUT2D eigenvalue weighted by Gasteiger charge is 2.29. The second-order valence-electron chi connectivity index (χ2n) is 10.9. The van der Waals surface area contributed by atoms with Crippen LogP contribution in [-0.2, 0) is 25.7 Å². The Morgan fingerprint density at radius 1 is 1.03 bits per heavy atom. The van der Waals surface area contributed by atoms with E-state index in [1.165, 1.54) is 11.1 Å². The molecule has 0 aliphatic heterocycles. The molecule has 1 aliphatic rings. The number of benzene rings is 3. The first kappa shape index (κ1) is 25.5. The van der Waals surface area contributed by atoms with Gasteiger partial charge >= 0.3 is 6.01 Å². The van der Waals surface area contributed by atoms with Crippen LogP contribution in [0.2, 0.25) is 0 Å². The van der Waals surface area contributed by atoms with Crippen LogP contribution in [0.25, 0.3) is 16.8 Å². The van der Waals surface area contributed by atoms with Crippen LogP contribution in [0.15, 0.2) is 71.5 Å². The molecule has 0 amide bonds. The number of hydrogen-bond acceptors (Lipinski definition) is 4. The molecular weight excluding hydrogens is 470 g/mol. The lowest BCUT2D eigenvalue weighted by Gasteiger charge is -2.17. The SMILES string of the molecule is CCCc1nc(OC)n(-c2ccc3c(c2)CC(C)(C)C3)c(=O)c1Cc1ccc(-c2ccccc2C#N)cc1. The van der Waals surface area contributed by atoms with E-state index in [1.54, 1.807) is 11.7 Å². The van der Waals surface area contributed by atoms with Gasteiger partial charge in [0.1, 0.15) is 0 Å². The van der Waals surface area contributed by atoms with E-state index in [0.717, 1.165) is 47.3 Å². The predicted octanol–water partition coefficient (Wildman–Crippen LogP) is 6.45. The minimum absolute atomic E-state index is 0.0867. The van der Waals surface area contributed by atoms with Crippen molar-refractivity contribution in [2.75, 3.05) is 7.11 Å². The van der Waals surface area contributed by atoms with E-state index in [1.807, 2.05) is 54.6 Å². The van der Waals surface area contributed by atoms with Crippen molar-refractivity contribution in [1.82, 2.24) is 9.55 Å². The molecule has 1 heterocycles. The molecule has 0 N–H and O–H groups in total. The van der Waals surface area contributed by atoms with Crippen LogP contribution in [0.4, 0.5) is 0 Å². The van der Waals surface area contributed by atoms with Crippen molar-refractivity contribution < 1.29 is 4.74 Å². The molecule has 38 heavy (non-hydrogen) atoms. The normalized spacial score (nSPS) is 13.7. The fourth-order valence-corrected chi connectivity index (χ4v) is 5.58. The molecule has 0 spiro atoms. The lowest BCUT2D eigenvalue weighted by molar-refractivity contribution is 0.363. The number of fused-ring (bicyclic) bond motifs is 1. The Morgan fingerprint density at radius 3 is 2.47 bits per heavy atom. The number of nitrogens with zero attached hydrogens (tertiary/aromatic N) is 3. The fraction of sp³-hybridized carbons (Fsp3) is 0.303. The molecule has 3 aromatic carbocycles. The number of ether oxygens (including phenoxy) is 1. The molecule has 1 aromatic heterocycles. The van der Waals surface area contributed by atoms with Gasteiger partial charge < -0.3 is 4.74 Å². The van der Waals surface area contributed by atoms with Crippen LogP contribution >= 0.6 is 0 Å². The van der Waals surface area contributed by atoms with Crippen LogP contribution in [0.3, 0.4) is 0 Å². The van der Waals surface area contributed by atoms with Crippen LogP contribution in [0.5, 0.6) is 6.01 Å². The Bertz CT molecular complexity index is 1590. The number of aromatic nitrogens is 2. The van der Waals surface area contributed by atoms with E-state index in [0.29, 0.717) is 30.0 Å². The third kappa shape index (κ3) is 4.87. The number of methoxy groups -OCH3 is 1. The van der Waals surface area contributed by atoms with Gasteiger partial charge in [0.15, 0.2) is 0 Å². The average Bonchev–Trinajstić information content (AvgIpc) is 3.23. The molecule has 0 saturated heterocycles. The maximum Gasteiger partial charge on any atom is 0.303 e. The first-order valence-electron chi connectivity index (χ1n) is 13.2. The topological polar surface area (TPSA) is 67.9 Å². The first-order chi connectivity index (χ1) is 18.3. The smallest absolute Gasteiger partial charge is 0.303 e. The molecule has 5 rings (SSSR count). The van der Waals surface area contributed by atoms with E-state index in [9.17, 15) is 10.1 Å². The summed E-state index contributed by atoms with van der Waals surface area (Å²) in [4.78, 5) is 18.9. The molecule has 5 heteroatoms. The van der Waals surface area contributed by atoms with Crippen LogP contribution < -0.4 is 10.3 Å². The molecule has 5 nitrogen and oxygen atoms in total. The van der Waals surface area contributed by atoms with E-state index in [-0.39, 0.29) is 11.0 Å². The molecule has 0 atom stereocenters. The number of aryl methyl sites for hydroxylation is 1. The Balaban J connectivity index is 1.55. The van der Waals surface area contributed by atoms with Gasteiger partial charge in [-0.05, 0) is 70.7 Å². The van der Waals surface area contributed by atoms with Crippen molar-refractivity contribution in [2.45, 2.75) is 52.9 Å². The van der Waals surface area contributed by atoms with E-state index in [2.05, 4.69) is 39.0 Å². The quantitative estimate of drug-likeness (QED) is 0.291. The Labute approximate surface area is 224 Å². The molecule has 4 aromatic rings. The van der Waals surface area contributed by atoms with Crippen molar-refractivity contribution in [3.05, 3.63) is 111 Å². The third-order valence-electron chi connectivity index (χ3n) is 7.38. The van der Waals surface area contributed by atoms with Gasteiger partial charge in [0.2, 0.25) is 0 Å². The van der Waals surface area contributed by atoms with Crippen molar-refractivity contribution in [2.24, 2.45) is 5.41 Å². The van der Waals surface area contributed by atoms with Crippen molar-refractivity contribution >= 4 is 0 Å². The van der Waals surface area contributed by atoms with Crippen LogP contribution in [0, 0.1) is 16.7 Å². The summed E-state index contributed by atoms with van der Waals surface area (Å²) in [5, 5.41) is 9.48. The van der Waals surface area contributed by atoms with E-state index in [4.69, 9.17) is 9.72 Å². The van der Waals surface area contributed by atoms with Crippen molar-refractivity contribution in [3.63, 3.8) is 0 Å². The largest absolute Gasteiger partial charge is 0.468 e. The zero-order chi connectivity index (χ0) is 26.9. The zero-order valence-electron chi connectivity index (χ0n) is 22.5. The van der Waals surface area contributed by atoms with Crippen molar-refractivity contribution in [3.8, 4) is 28.9 Å². The summed E-state index contributed by atoms with van der Waals surface area (Å²) in [7, 11) is 1.57. The van der Waals surface area contributed by atoms with Gasteiger partial charge in [0.25, 0.3) is 5.56 Å². The lowest BCUT2D eigenvalue weighted by Crippen LogP contribution is -2.27. The molecule has 0 saturated carbocycles. The van der Waals surface area contributed by atoms with E-state index >= 15 is 0 Å². The summed E-state index contributed by atoms with van der Waals surface area (Å²) in [6.45, 7) is 6.65. The third-order valence-corrected chi connectivity index (χ3v) is 7.38. The van der Waals surface area contributed by atoms with Gasteiger partial charge in [-0.15, -0.1) is 0 Å². The first-order valence-corrected chi connectivity index (χ1v) is 13.2. The summed E-state index contributed by atoms with van der Waals surface area (Å²) in [5.74, 6) is 0. The monoisotopic (exact) mass is 503 g/mol. The van der Waals surface area contributed by atoms with Gasteiger partial charge in [0.05, 0.1) is 30.1 Å². The Kier molecular flexibility index (Phi) is 6.91. The minimum atomic E-state index is -0.0867. The van der Waals surface area contributed by atoms with E-state index < -0.39 is 0 Å². The summed E-state index contributed by atoms with van der Waals surface area (Å²) >= 11 is 0. The molecule has 192 valence electrons. The Morgan fingerprint density at radius 2 is 1.76 bits per heavy atom. The number of rotatable bonds is 7.